The number of amides is 1. The van der Waals surface area contributed by atoms with Crippen LogP contribution in [0.1, 0.15) is 57.8 Å². The number of hydrogen-bond donors (Lipinski definition) is 2. The summed E-state index contributed by atoms with van der Waals surface area (Å²) in [5.41, 5.74) is 0.984. The minimum atomic E-state index is -2.97. The van der Waals surface area contributed by atoms with Crippen molar-refractivity contribution in [3.8, 4) is 11.6 Å². The van der Waals surface area contributed by atoms with Crippen LogP contribution in [0.2, 0.25) is 0 Å². The number of piperidine rings is 1. The lowest BCUT2D eigenvalue weighted by atomic mass is 9.96. The molecule has 1 aromatic carbocycles. The number of nitrogens with one attached hydrogen (secondary N) is 1. The van der Waals surface area contributed by atoms with Gasteiger partial charge in [-0.25, -0.2) is 18.2 Å². The van der Waals surface area contributed by atoms with Crippen molar-refractivity contribution in [2.75, 3.05) is 51.1 Å². The SMILES string of the molecule is CN(CC1CCCCN1C)C(=O)O.CS(=O)(=O)CCCOc1cccc2c1ccn2-c1ccnc(NC2CCCCC2)n1. The number of likely N-dealkylation sites (N-methyl/N-ethyl adjacent to an activating group) is 2. The second kappa shape index (κ2) is 15.4. The van der Waals surface area contributed by atoms with Gasteiger partial charge in [-0.1, -0.05) is 31.7 Å². The number of sulfone groups is 1. The quantitative estimate of drug-likeness (QED) is 0.301. The maximum Gasteiger partial charge on any atom is 0.407 e. The number of nitrogens with zero attached hydrogens (tertiary/aromatic N) is 5. The zero-order valence-corrected chi connectivity index (χ0v) is 26.4. The van der Waals surface area contributed by atoms with E-state index in [9.17, 15) is 13.2 Å². The third kappa shape index (κ3) is 9.82. The van der Waals surface area contributed by atoms with Crippen molar-refractivity contribution in [1.29, 1.82) is 0 Å². The maximum absolute atomic E-state index is 11.3. The Labute approximate surface area is 255 Å². The Morgan fingerprint density at radius 2 is 1.88 bits per heavy atom. The van der Waals surface area contributed by atoms with E-state index in [-0.39, 0.29) is 5.75 Å². The van der Waals surface area contributed by atoms with Crippen molar-refractivity contribution in [3.05, 3.63) is 42.7 Å². The van der Waals surface area contributed by atoms with Crippen molar-refractivity contribution in [2.45, 2.75) is 69.9 Å². The Hall–Kier alpha value is -3.38. The number of hydrogen-bond acceptors (Lipinski definition) is 8. The van der Waals surface area contributed by atoms with Crippen LogP contribution in [0, 0.1) is 0 Å². The lowest BCUT2D eigenvalue weighted by Gasteiger charge is -2.34. The van der Waals surface area contributed by atoms with E-state index >= 15 is 0 Å². The Morgan fingerprint density at radius 1 is 1.12 bits per heavy atom. The molecule has 3 aromatic rings. The molecule has 2 aliphatic rings. The van der Waals surface area contributed by atoms with E-state index in [1.54, 1.807) is 13.2 Å². The molecular formula is C31H46N6O5S. The van der Waals surface area contributed by atoms with E-state index in [4.69, 9.17) is 14.8 Å². The van der Waals surface area contributed by atoms with Gasteiger partial charge in [0.2, 0.25) is 5.95 Å². The van der Waals surface area contributed by atoms with Gasteiger partial charge in [-0.05, 0) is 70.0 Å². The van der Waals surface area contributed by atoms with Crippen LogP contribution in [0.4, 0.5) is 10.7 Å². The van der Waals surface area contributed by atoms with Crippen molar-refractivity contribution in [3.63, 3.8) is 0 Å². The maximum atomic E-state index is 11.3. The fourth-order valence-corrected chi connectivity index (χ4v) is 6.36. The van der Waals surface area contributed by atoms with Crippen LogP contribution in [-0.2, 0) is 9.84 Å². The Kier molecular flexibility index (Phi) is 11.6. The monoisotopic (exact) mass is 614 g/mol. The first kappa shape index (κ1) is 32.5. The molecule has 1 aliphatic heterocycles. The molecular weight excluding hydrogens is 568 g/mol. The average molecular weight is 615 g/mol. The molecule has 43 heavy (non-hydrogen) atoms. The molecule has 1 amide bonds. The number of rotatable bonds is 10. The summed E-state index contributed by atoms with van der Waals surface area (Å²) >= 11 is 0. The van der Waals surface area contributed by atoms with Crippen LogP contribution >= 0.6 is 0 Å². The highest BCUT2D eigenvalue weighted by atomic mass is 32.2. The first-order valence-electron chi connectivity index (χ1n) is 15.3. The number of anilines is 1. The molecule has 1 saturated heterocycles. The summed E-state index contributed by atoms with van der Waals surface area (Å²) < 4.78 is 30.5. The molecule has 5 rings (SSSR count). The summed E-state index contributed by atoms with van der Waals surface area (Å²) in [6, 6.07) is 10.6. The van der Waals surface area contributed by atoms with E-state index in [1.165, 1.54) is 56.1 Å². The summed E-state index contributed by atoms with van der Waals surface area (Å²) in [6.07, 6.45) is 14.4. The van der Waals surface area contributed by atoms with E-state index in [1.807, 2.05) is 41.1 Å². The van der Waals surface area contributed by atoms with Gasteiger partial charge in [-0.3, -0.25) is 0 Å². The molecule has 12 heteroatoms. The summed E-state index contributed by atoms with van der Waals surface area (Å²) in [5, 5.41) is 13.2. The number of benzene rings is 1. The molecule has 2 aromatic heterocycles. The zero-order chi connectivity index (χ0) is 30.8. The van der Waals surface area contributed by atoms with E-state index in [0.29, 0.717) is 37.6 Å². The number of fused-ring (bicyclic) bond motifs is 1. The molecule has 3 heterocycles. The number of ether oxygens (including phenoxy) is 1. The Balaban J connectivity index is 0.000000273. The third-order valence-electron chi connectivity index (χ3n) is 8.17. The van der Waals surface area contributed by atoms with Gasteiger partial charge in [0.05, 0.1) is 17.9 Å². The van der Waals surface area contributed by atoms with Crippen LogP contribution in [0.3, 0.4) is 0 Å². The fourth-order valence-electron chi connectivity index (χ4n) is 5.72. The van der Waals surface area contributed by atoms with Gasteiger partial charge >= 0.3 is 6.09 Å². The van der Waals surface area contributed by atoms with Crippen molar-refractivity contribution >= 4 is 32.8 Å². The van der Waals surface area contributed by atoms with Gasteiger partial charge in [-0.15, -0.1) is 0 Å². The van der Waals surface area contributed by atoms with Crippen LogP contribution in [0.5, 0.6) is 5.75 Å². The smallest absolute Gasteiger partial charge is 0.407 e. The summed E-state index contributed by atoms with van der Waals surface area (Å²) in [7, 11) is 0.727. The minimum absolute atomic E-state index is 0.127. The van der Waals surface area contributed by atoms with Gasteiger partial charge in [-0.2, -0.15) is 4.98 Å². The minimum Gasteiger partial charge on any atom is -0.493 e. The van der Waals surface area contributed by atoms with E-state index < -0.39 is 15.9 Å². The molecule has 1 unspecified atom stereocenters. The molecule has 0 bridgehead atoms. The number of carbonyl (C=O) groups is 1. The molecule has 2 N–H and O–H groups in total. The lowest BCUT2D eigenvalue weighted by molar-refractivity contribution is 0.119. The van der Waals surface area contributed by atoms with E-state index in [2.05, 4.69) is 22.2 Å². The van der Waals surface area contributed by atoms with Gasteiger partial charge in [0.15, 0.2) is 0 Å². The van der Waals surface area contributed by atoms with Crippen molar-refractivity contribution in [1.82, 2.24) is 24.3 Å². The molecule has 1 atom stereocenters. The number of carboxylic acid groups (broad SMARTS) is 1. The van der Waals surface area contributed by atoms with Crippen LogP contribution in [0.25, 0.3) is 16.7 Å². The first-order chi connectivity index (χ1) is 20.6. The average Bonchev–Trinajstić information content (AvgIpc) is 3.42. The lowest BCUT2D eigenvalue weighted by Crippen LogP contribution is -2.44. The highest BCUT2D eigenvalue weighted by Crippen LogP contribution is 2.29. The van der Waals surface area contributed by atoms with Gasteiger partial charge in [0.25, 0.3) is 0 Å². The number of likely N-dealkylation sites (tertiary alicyclic amines) is 1. The van der Waals surface area contributed by atoms with Crippen molar-refractivity contribution < 1.29 is 23.1 Å². The highest BCUT2D eigenvalue weighted by Gasteiger charge is 2.21. The first-order valence-corrected chi connectivity index (χ1v) is 17.3. The van der Waals surface area contributed by atoms with Gasteiger partial charge in [0, 0.05) is 49.7 Å². The predicted octanol–water partition coefficient (Wildman–Crippen LogP) is 5.06. The molecule has 236 valence electrons. The standard InChI is InChI=1S/C22H28N4O3S.C9H18N2O2/c1-30(27,28)16-6-15-29-20-10-5-9-19-18(20)12-14-26(19)21-11-13-23-22(25-21)24-17-7-3-2-4-8-17;1-10-6-4-3-5-8(10)7-11(2)9(12)13/h5,9-14,17H,2-4,6-8,15-16H2,1H3,(H,23,24,25);8H,3-7H2,1-2H3,(H,12,13). The normalized spacial score (nSPS) is 18.1. The Morgan fingerprint density at radius 3 is 2.60 bits per heavy atom. The molecule has 2 fully saturated rings. The molecule has 1 saturated carbocycles. The van der Waals surface area contributed by atoms with Crippen LogP contribution in [0.15, 0.2) is 42.7 Å². The largest absolute Gasteiger partial charge is 0.493 e. The molecule has 0 spiro atoms. The molecule has 0 radical (unpaired) electrons. The fraction of sp³-hybridized carbons (Fsp3) is 0.581. The van der Waals surface area contributed by atoms with Gasteiger partial charge in [0.1, 0.15) is 21.4 Å². The summed E-state index contributed by atoms with van der Waals surface area (Å²) in [6.45, 7) is 2.09. The second-order valence-corrected chi connectivity index (χ2v) is 14.0. The summed E-state index contributed by atoms with van der Waals surface area (Å²) in [5.74, 6) is 2.33. The molecule has 11 nitrogen and oxygen atoms in total. The second-order valence-electron chi connectivity index (χ2n) is 11.7. The topological polar surface area (TPSA) is 130 Å². The highest BCUT2D eigenvalue weighted by molar-refractivity contribution is 7.90. The van der Waals surface area contributed by atoms with Crippen molar-refractivity contribution in [2.24, 2.45) is 0 Å². The third-order valence-corrected chi connectivity index (χ3v) is 9.20. The molecule has 1 aliphatic carbocycles. The van der Waals surface area contributed by atoms with Crippen LogP contribution in [-0.4, -0.2) is 102 Å². The van der Waals surface area contributed by atoms with Crippen LogP contribution < -0.4 is 10.1 Å². The van der Waals surface area contributed by atoms with E-state index in [0.717, 1.165) is 35.4 Å². The summed E-state index contributed by atoms with van der Waals surface area (Å²) in [4.78, 5) is 23.3. The number of aromatic nitrogens is 3. The predicted molar refractivity (Wildman–Crippen MR) is 170 cm³/mol. The van der Waals surface area contributed by atoms with Gasteiger partial charge < -0.3 is 29.5 Å². The Bertz CT molecular complexity index is 1440. The zero-order valence-electron chi connectivity index (χ0n) is 25.6.